The predicted octanol–water partition coefficient (Wildman–Crippen LogP) is 7.43. The molecule has 2 unspecified atom stereocenters. The van der Waals surface area contributed by atoms with Crippen LogP contribution in [0, 0.1) is 5.92 Å². The van der Waals surface area contributed by atoms with Crippen LogP contribution in [0.5, 0.6) is 17.2 Å². The number of halogens is 3. The molecule has 9 heteroatoms. The van der Waals surface area contributed by atoms with Crippen LogP contribution in [-0.2, 0) is 18.0 Å². The Balaban J connectivity index is 0.957. The number of likely N-dealkylation sites (tertiary alicyclic amines) is 1. The smallest absolute Gasteiger partial charge is 0.416 e. The highest BCUT2D eigenvalue weighted by molar-refractivity contribution is 5.64. The second-order valence-corrected chi connectivity index (χ2v) is 14.9. The predicted molar refractivity (Wildman–Crippen MR) is 181 cm³/mol. The normalized spacial score (nSPS) is 28.7. The molecule has 5 atom stereocenters. The molecule has 5 aliphatic rings. The molecule has 1 saturated heterocycles. The third-order valence-electron chi connectivity index (χ3n) is 12.0. The maximum Gasteiger partial charge on any atom is 0.416 e. The molecule has 3 fully saturated rings. The zero-order valence-corrected chi connectivity index (χ0v) is 28.0. The second-order valence-electron chi connectivity index (χ2n) is 14.9. The van der Waals surface area contributed by atoms with E-state index in [0.717, 1.165) is 81.0 Å². The zero-order valence-electron chi connectivity index (χ0n) is 28.0. The van der Waals surface area contributed by atoms with E-state index >= 15 is 0 Å². The van der Waals surface area contributed by atoms with Gasteiger partial charge in [-0.05, 0) is 111 Å². The highest BCUT2D eigenvalue weighted by atomic mass is 19.4. The number of phenolic OH excluding ortho intramolecular Hbond substituents is 1. The molecule has 260 valence electrons. The minimum atomic E-state index is -4.39. The first-order chi connectivity index (χ1) is 23.6. The summed E-state index contributed by atoms with van der Waals surface area (Å²) in [6.45, 7) is 3.53. The molecule has 3 aromatic carbocycles. The highest BCUT2D eigenvalue weighted by Gasteiger charge is 2.72. The van der Waals surface area contributed by atoms with Crippen molar-refractivity contribution in [3.8, 4) is 17.2 Å². The number of benzene rings is 3. The Hall–Kier alpha value is -3.53. The fraction of sp³-hybridized carbons (Fsp3) is 0.500. The lowest BCUT2D eigenvalue weighted by Crippen LogP contribution is -2.75. The van der Waals surface area contributed by atoms with Gasteiger partial charge in [0.15, 0.2) is 11.5 Å². The number of piperidine rings is 1. The van der Waals surface area contributed by atoms with Crippen molar-refractivity contribution in [2.75, 3.05) is 33.2 Å². The van der Waals surface area contributed by atoms with Gasteiger partial charge >= 0.3 is 6.18 Å². The van der Waals surface area contributed by atoms with Gasteiger partial charge in [0.1, 0.15) is 18.0 Å². The SMILES string of the molecule is CN(CC/C=C1/CC[C@@]2(O)[C@H]3Cc4ccc(O)c5c4[C@@]2(CCN3CC2CC2)C1O5)CCC(Oc1ccc(C(F)(F)F)cc1)c1ccccc1. The molecular formula is C40H45F3N2O4. The van der Waals surface area contributed by atoms with Crippen LogP contribution in [0.2, 0.25) is 0 Å². The number of phenols is 1. The van der Waals surface area contributed by atoms with E-state index in [2.05, 4.69) is 22.9 Å². The van der Waals surface area contributed by atoms with Gasteiger partial charge in [-0.15, -0.1) is 0 Å². The van der Waals surface area contributed by atoms with Crippen molar-refractivity contribution in [2.24, 2.45) is 5.92 Å². The van der Waals surface area contributed by atoms with Gasteiger partial charge < -0.3 is 24.6 Å². The van der Waals surface area contributed by atoms with Crippen LogP contribution in [0.15, 0.2) is 78.4 Å². The van der Waals surface area contributed by atoms with E-state index in [1.165, 1.54) is 36.1 Å². The van der Waals surface area contributed by atoms with Gasteiger partial charge in [0.25, 0.3) is 0 Å². The standard InChI is InChI=1S/C40H45F3N2O4/c1-44(22-18-33(27-6-3-2-4-7-27)48-31-14-12-30(13-15-31)40(41,42)43)21-5-8-28-17-19-39(47)34-24-29-11-16-32(46)36-35(29)38(39,37(28)49-36)20-23-45(34)25-26-9-10-26/h2-4,6-8,11-16,26,33-34,37,46-47H,5,9-10,17-25H2,1H3/b28-8-/t33?,34-,37?,38+,39-/m1/s1. The van der Waals surface area contributed by atoms with E-state index < -0.39 is 22.8 Å². The molecule has 1 spiro atoms. The van der Waals surface area contributed by atoms with Crippen molar-refractivity contribution in [3.63, 3.8) is 0 Å². The molecule has 2 bridgehead atoms. The minimum Gasteiger partial charge on any atom is -0.504 e. The van der Waals surface area contributed by atoms with Crippen molar-refractivity contribution in [3.05, 3.63) is 101 Å². The highest BCUT2D eigenvalue weighted by Crippen LogP contribution is 2.66. The van der Waals surface area contributed by atoms with Gasteiger partial charge in [-0.3, -0.25) is 4.90 Å². The lowest BCUT2D eigenvalue weighted by atomic mass is 9.48. The second kappa shape index (κ2) is 12.4. The Morgan fingerprint density at radius 2 is 1.82 bits per heavy atom. The van der Waals surface area contributed by atoms with Crippen molar-refractivity contribution in [1.82, 2.24) is 9.80 Å². The first-order valence-corrected chi connectivity index (χ1v) is 17.8. The monoisotopic (exact) mass is 674 g/mol. The summed E-state index contributed by atoms with van der Waals surface area (Å²) >= 11 is 0. The number of aliphatic hydroxyl groups is 1. The molecule has 2 saturated carbocycles. The van der Waals surface area contributed by atoms with E-state index in [4.69, 9.17) is 9.47 Å². The maximum atomic E-state index is 13.1. The number of ether oxygens (including phenoxy) is 2. The molecule has 2 N–H and O–H groups in total. The van der Waals surface area contributed by atoms with Crippen LogP contribution in [0.3, 0.4) is 0 Å². The van der Waals surface area contributed by atoms with Crippen molar-refractivity contribution < 1.29 is 32.9 Å². The van der Waals surface area contributed by atoms with Crippen LogP contribution in [0.4, 0.5) is 13.2 Å². The van der Waals surface area contributed by atoms with Crippen molar-refractivity contribution >= 4 is 0 Å². The number of alkyl halides is 3. The summed E-state index contributed by atoms with van der Waals surface area (Å²) < 4.78 is 52.2. The Morgan fingerprint density at radius 3 is 2.55 bits per heavy atom. The van der Waals surface area contributed by atoms with Crippen LogP contribution in [0.1, 0.15) is 73.3 Å². The third-order valence-corrected chi connectivity index (χ3v) is 12.0. The number of hydrogen-bond donors (Lipinski definition) is 2. The molecule has 2 heterocycles. The Labute approximate surface area is 286 Å². The summed E-state index contributed by atoms with van der Waals surface area (Å²) in [4.78, 5) is 4.81. The molecule has 3 aliphatic carbocycles. The fourth-order valence-corrected chi connectivity index (χ4v) is 9.31. The van der Waals surface area contributed by atoms with E-state index in [1.807, 2.05) is 36.4 Å². The van der Waals surface area contributed by atoms with E-state index in [9.17, 15) is 23.4 Å². The van der Waals surface area contributed by atoms with E-state index in [0.29, 0.717) is 24.3 Å². The van der Waals surface area contributed by atoms with Crippen LogP contribution < -0.4 is 9.47 Å². The van der Waals surface area contributed by atoms with Crippen LogP contribution in [-0.4, -0.2) is 71.0 Å². The molecule has 0 aromatic heterocycles. The molecule has 0 radical (unpaired) electrons. The summed E-state index contributed by atoms with van der Waals surface area (Å²) in [5, 5.41) is 23.6. The summed E-state index contributed by atoms with van der Waals surface area (Å²) in [6.07, 6.45) is 4.41. The zero-order chi connectivity index (χ0) is 34.0. The Morgan fingerprint density at radius 1 is 1.04 bits per heavy atom. The Kier molecular flexibility index (Phi) is 8.24. The quantitative estimate of drug-likeness (QED) is 0.206. The summed E-state index contributed by atoms with van der Waals surface area (Å²) in [5.74, 6) is 1.88. The molecule has 49 heavy (non-hydrogen) atoms. The molecular weight excluding hydrogens is 629 g/mol. The Bertz CT molecular complexity index is 1710. The van der Waals surface area contributed by atoms with Gasteiger partial charge in [-0.2, -0.15) is 13.2 Å². The van der Waals surface area contributed by atoms with Gasteiger partial charge in [0, 0.05) is 37.7 Å². The van der Waals surface area contributed by atoms with Crippen LogP contribution >= 0.6 is 0 Å². The average molecular weight is 675 g/mol. The number of hydrogen-bond acceptors (Lipinski definition) is 6. The third kappa shape index (κ3) is 5.71. The van der Waals surface area contributed by atoms with Crippen molar-refractivity contribution in [1.29, 1.82) is 0 Å². The van der Waals surface area contributed by atoms with Crippen molar-refractivity contribution in [2.45, 2.75) is 86.8 Å². The fourth-order valence-electron chi connectivity index (χ4n) is 9.31. The molecule has 0 amide bonds. The minimum absolute atomic E-state index is 0.0611. The largest absolute Gasteiger partial charge is 0.504 e. The van der Waals surface area contributed by atoms with Gasteiger partial charge in [0.05, 0.1) is 16.6 Å². The molecule has 6 nitrogen and oxygen atoms in total. The first-order valence-electron chi connectivity index (χ1n) is 17.8. The van der Waals surface area contributed by atoms with Crippen LogP contribution in [0.25, 0.3) is 0 Å². The van der Waals surface area contributed by atoms with Gasteiger partial charge in [0.2, 0.25) is 0 Å². The summed E-state index contributed by atoms with van der Waals surface area (Å²) in [6, 6.07) is 18.5. The maximum absolute atomic E-state index is 13.1. The number of rotatable bonds is 11. The lowest BCUT2D eigenvalue weighted by Gasteiger charge is -2.63. The first kappa shape index (κ1) is 32.7. The van der Waals surface area contributed by atoms with Gasteiger partial charge in [-0.1, -0.05) is 42.5 Å². The van der Waals surface area contributed by atoms with E-state index in [1.54, 1.807) is 6.07 Å². The molecule has 3 aromatic rings. The van der Waals surface area contributed by atoms with E-state index in [-0.39, 0.29) is 24.0 Å². The number of nitrogens with zero attached hydrogens (tertiary/aromatic N) is 2. The molecule has 8 rings (SSSR count). The topological polar surface area (TPSA) is 65.4 Å². The van der Waals surface area contributed by atoms with Gasteiger partial charge in [-0.25, -0.2) is 0 Å². The summed E-state index contributed by atoms with van der Waals surface area (Å²) in [5.41, 5.74) is 2.30. The lowest BCUT2D eigenvalue weighted by molar-refractivity contribution is -0.174. The average Bonchev–Trinajstić information content (AvgIpc) is 3.83. The summed E-state index contributed by atoms with van der Waals surface area (Å²) in [7, 11) is 2.07. The number of aromatic hydroxyl groups is 1. The molecule has 2 aliphatic heterocycles.